The van der Waals surface area contributed by atoms with E-state index in [4.69, 9.17) is 11.5 Å². The summed E-state index contributed by atoms with van der Waals surface area (Å²) in [5.74, 6) is -0.987. The molecule has 0 bridgehead atoms. The predicted molar refractivity (Wildman–Crippen MR) is 68.6 cm³/mol. The quantitative estimate of drug-likeness (QED) is 0.473. The second kappa shape index (κ2) is 5.13. The highest BCUT2D eigenvalue weighted by molar-refractivity contribution is 5.43. The monoisotopic (exact) mass is 322 g/mol. The van der Waals surface area contributed by atoms with Crippen LogP contribution in [-0.4, -0.2) is 11.8 Å². The highest BCUT2D eigenvalue weighted by atomic mass is 19.4. The van der Waals surface area contributed by atoms with Gasteiger partial charge in [-0.2, -0.15) is 26.3 Å². The maximum absolute atomic E-state index is 13.0. The number of benzene rings is 1. The Bertz CT molecular complexity index is 625. The van der Waals surface area contributed by atoms with Crippen molar-refractivity contribution < 1.29 is 26.3 Å². The summed E-state index contributed by atoms with van der Waals surface area (Å²) in [6.07, 6.45) is -6.40. The lowest BCUT2D eigenvalue weighted by Gasteiger charge is -2.31. The summed E-state index contributed by atoms with van der Waals surface area (Å²) in [5, 5.41) is 0. The molecule has 2 rings (SSSR count). The molecule has 22 heavy (non-hydrogen) atoms. The van der Waals surface area contributed by atoms with Gasteiger partial charge < -0.3 is 11.5 Å². The van der Waals surface area contributed by atoms with E-state index in [-0.39, 0.29) is 5.56 Å². The topological polar surface area (TPSA) is 52.0 Å². The van der Waals surface area contributed by atoms with Crippen molar-refractivity contribution in [1.29, 1.82) is 0 Å². The van der Waals surface area contributed by atoms with E-state index >= 15 is 0 Å². The molecule has 8 heteroatoms. The van der Waals surface area contributed by atoms with Gasteiger partial charge in [0, 0.05) is 5.92 Å². The van der Waals surface area contributed by atoms with E-state index in [0.717, 1.165) is 30.4 Å². The van der Waals surface area contributed by atoms with Crippen molar-refractivity contribution in [2.75, 3.05) is 0 Å². The van der Waals surface area contributed by atoms with Gasteiger partial charge in [0.25, 0.3) is 0 Å². The molecule has 1 atom stereocenters. The Hall–Kier alpha value is -1.80. The Morgan fingerprint density at radius 3 is 2.14 bits per heavy atom. The van der Waals surface area contributed by atoms with Crippen LogP contribution in [0.3, 0.4) is 0 Å². The van der Waals surface area contributed by atoms with Crippen LogP contribution in [0, 0.1) is 0 Å². The Balaban J connectivity index is 2.45. The minimum Gasteiger partial charge on any atom is -0.306 e. The minimum absolute atomic E-state index is 0.0725. The fourth-order valence-corrected chi connectivity index (χ4v) is 2.20. The molecular formula is C14H12F6N2. The predicted octanol–water partition coefficient (Wildman–Crippen LogP) is 3.46. The molecule has 0 saturated heterocycles. The van der Waals surface area contributed by atoms with Gasteiger partial charge in [-0.05, 0) is 17.7 Å². The van der Waals surface area contributed by atoms with Crippen molar-refractivity contribution in [2.45, 2.75) is 23.9 Å². The standard InChI is InChI=1S/C14H12F6N2/c15-13(16,17)10-3-1-2-8(6-10)9-4-5-12(21,22)11(7-9)14(18,19)20/h1-7,9H,21-22H2. The number of nitrogens with two attached hydrogens (primary N) is 2. The molecular weight excluding hydrogens is 310 g/mol. The molecule has 4 N–H and O–H groups in total. The molecule has 1 unspecified atom stereocenters. The molecule has 0 heterocycles. The second-order valence-corrected chi connectivity index (χ2v) is 5.02. The van der Waals surface area contributed by atoms with Crippen LogP contribution in [0.2, 0.25) is 0 Å². The van der Waals surface area contributed by atoms with Crippen LogP contribution in [0.15, 0.2) is 48.1 Å². The third-order valence-corrected chi connectivity index (χ3v) is 3.30. The number of rotatable bonds is 1. The molecule has 1 aromatic rings. The molecule has 0 aromatic heterocycles. The number of hydrogen-bond acceptors (Lipinski definition) is 2. The molecule has 1 aliphatic rings. The lowest BCUT2D eigenvalue weighted by atomic mass is 9.85. The smallest absolute Gasteiger partial charge is 0.306 e. The van der Waals surface area contributed by atoms with Gasteiger partial charge in [0.05, 0.1) is 11.1 Å². The van der Waals surface area contributed by atoms with Gasteiger partial charge in [-0.3, -0.25) is 0 Å². The Morgan fingerprint density at radius 2 is 1.59 bits per heavy atom. The van der Waals surface area contributed by atoms with Crippen LogP contribution in [0.25, 0.3) is 0 Å². The maximum atomic E-state index is 13.0. The number of halogens is 6. The molecule has 120 valence electrons. The number of hydrogen-bond donors (Lipinski definition) is 2. The normalized spacial score (nSPS) is 21.6. The molecule has 0 spiro atoms. The fraction of sp³-hybridized carbons (Fsp3) is 0.286. The van der Waals surface area contributed by atoms with Crippen LogP contribution in [-0.2, 0) is 6.18 Å². The van der Waals surface area contributed by atoms with E-state index in [0.29, 0.717) is 0 Å². The zero-order chi connectivity index (χ0) is 16.8. The molecule has 0 fully saturated rings. The van der Waals surface area contributed by atoms with Crippen molar-refractivity contribution in [3.63, 3.8) is 0 Å². The van der Waals surface area contributed by atoms with Gasteiger partial charge in [0.15, 0.2) is 0 Å². The highest BCUT2D eigenvalue weighted by Crippen LogP contribution is 2.38. The van der Waals surface area contributed by atoms with Crippen molar-refractivity contribution in [3.05, 3.63) is 59.2 Å². The largest absolute Gasteiger partial charge is 0.416 e. The third kappa shape index (κ3) is 3.33. The van der Waals surface area contributed by atoms with E-state index in [2.05, 4.69) is 0 Å². The van der Waals surface area contributed by atoms with Crippen molar-refractivity contribution in [2.24, 2.45) is 11.5 Å². The average Bonchev–Trinajstić information content (AvgIpc) is 2.36. The van der Waals surface area contributed by atoms with Gasteiger partial charge >= 0.3 is 12.4 Å². The van der Waals surface area contributed by atoms with Crippen molar-refractivity contribution in [3.8, 4) is 0 Å². The SMILES string of the molecule is NC1(N)C=CC(c2cccc(C(F)(F)F)c2)C=C1C(F)(F)F. The van der Waals surface area contributed by atoms with Gasteiger partial charge in [-0.15, -0.1) is 0 Å². The lowest BCUT2D eigenvalue weighted by Crippen LogP contribution is -2.54. The second-order valence-electron chi connectivity index (χ2n) is 5.02. The third-order valence-electron chi connectivity index (χ3n) is 3.30. The average molecular weight is 322 g/mol. The molecule has 0 aliphatic heterocycles. The van der Waals surface area contributed by atoms with Crippen LogP contribution >= 0.6 is 0 Å². The highest BCUT2D eigenvalue weighted by Gasteiger charge is 2.45. The first-order valence-corrected chi connectivity index (χ1v) is 6.15. The fourth-order valence-electron chi connectivity index (χ4n) is 2.20. The summed E-state index contributed by atoms with van der Waals surface area (Å²) in [6.45, 7) is 0. The molecule has 0 saturated carbocycles. The summed E-state index contributed by atoms with van der Waals surface area (Å²) in [6, 6.07) is 4.11. The van der Waals surface area contributed by atoms with Gasteiger partial charge in [-0.1, -0.05) is 30.4 Å². The Kier molecular flexibility index (Phi) is 3.87. The zero-order valence-corrected chi connectivity index (χ0v) is 11.0. The van der Waals surface area contributed by atoms with Crippen LogP contribution in [0.5, 0.6) is 0 Å². The summed E-state index contributed by atoms with van der Waals surface area (Å²) in [7, 11) is 0. The Labute approximate surface area is 122 Å². The summed E-state index contributed by atoms with van der Waals surface area (Å²) < 4.78 is 76.9. The van der Waals surface area contributed by atoms with Gasteiger partial charge in [-0.25, -0.2) is 0 Å². The molecule has 2 nitrogen and oxygen atoms in total. The minimum atomic E-state index is -4.77. The van der Waals surface area contributed by atoms with Crippen LogP contribution in [0.4, 0.5) is 26.3 Å². The van der Waals surface area contributed by atoms with E-state index in [1.54, 1.807) is 0 Å². The first-order chi connectivity index (χ1) is 9.91. The van der Waals surface area contributed by atoms with E-state index in [1.165, 1.54) is 12.1 Å². The van der Waals surface area contributed by atoms with Crippen LogP contribution in [0.1, 0.15) is 17.0 Å². The van der Waals surface area contributed by atoms with E-state index in [9.17, 15) is 26.3 Å². The lowest BCUT2D eigenvalue weighted by molar-refractivity contribution is -0.137. The van der Waals surface area contributed by atoms with Crippen LogP contribution < -0.4 is 11.5 Å². The first kappa shape index (κ1) is 16.6. The zero-order valence-electron chi connectivity index (χ0n) is 11.0. The first-order valence-electron chi connectivity index (χ1n) is 6.15. The van der Waals surface area contributed by atoms with Crippen molar-refractivity contribution in [1.82, 2.24) is 0 Å². The molecule has 0 amide bonds. The number of allylic oxidation sites excluding steroid dienone is 2. The summed E-state index contributed by atoms with van der Waals surface area (Å²) >= 11 is 0. The van der Waals surface area contributed by atoms with E-state index in [1.807, 2.05) is 0 Å². The van der Waals surface area contributed by atoms with Gasteiger partial charge in [0.1, 0.15) is 5.66 Å². The summed E-state index contributed by atoms with van der Waals surface area (Å²) in [5.41, 5.74) is 6.49. The Morgan fingerprint density at radius 1 is 0.955 bits per heavy atom. The number of alkyl halides is 6. The van der Waals surface area contributed by atoms with E-state index < -0.39 is 35.1 Å². The molecule has 0 radical (unpaired) electrons. The van der Waals surface area contributed by atoms with Gasteiger partial charge in [0.2, 0.25) is 0 Å². The molecule has 1 aromatic carbocycles. The maximum Gasteiger partial charge on any atom is 0.416 e. The van der Waals surface area contributed by atoms with Crippen molar-refractivity contribution >= 4 is 0 Å². The summed E-state index contributed by atoms with van der Waals surface area (Å²) in [4.78, 5) is 0. The molecule has 1 aliphatic carbocycles.